The number of carbonyl (C=O) groups is 1. The van der Waals surface area contributed by atoms with Crippen LogP contribution in [-0.4, -0.2) is 31.7 Å². The lowest BCUT2D eigenvalue weighted by atomic mass is 10.2. The molecule has 0 fully saturated rings. The number of amides is 1. The van der Waals surface area contributed by atoms with E-state index < -0.39 is 0 Å². The molecule has 0 saturated heterocycles. The Bertz CT molecular complexity index is 308. The van der Waals surface area contributed by atoms with Gasteiger partial charge in [0.25, 0.3) is 5.91 Å². The van der Waals surface area contributed by atoms with Crippen molar-refractivity contribution in [2.45, 2.75) is 39.7 Å². The number of carbonyl (C=O) groups excluding carboxylic acids is 1. The Morgan fingerprint density at radius 3 is 2.78 bits per heavy atom. The second kappa shape index (κ2) is 10.6. The molecule has 0 spiro atoms. The molecule has 0 aliphatic heterocycles. The number of ether oxygens (including phenoxy) is 1. The zero-order chi connectivity index (χ0) is 13.8. The van der Waals surface area contributed by atoms with E-state index in [0.29, 0.717) is 19.8 Å². The molecule has 0 aromatic rings. The van der Waals surface area contributed by atoms with E-state index in [2.05, 4.69) is 10.6 Å². The Hall–Kier alpha value is -1.54. The zero-order valence-corrected chi connectivity index (χ0v) is 11.5. The first-order chi connectivity index (χ1) is 8.65. The molecule has 0 bridgehead atoms. The van der Waals surface area contributed by atoms with Gasteiger partial charge in [0.2, 0.25) is 0 Å². The van der Waals surface area contributed by atoms with Crippen LogP contribution >= 0.6 is 0 Å². The second-order valence-electron chi connectivity index (χ2n) is 3.95. The molecular formula is C13H23N3O2. The summed E-state index contributed by atoms with van der Waals surface area (Å²) in [4.78, 5) is 11.6. The molecule has 0 heterocycles. The maximum atomic E-state index is 11.6. The number of nitrogens with one attached hydrogen (secondary N) is 2. The van der Waals surface area contributed by atoms with Gasteiger partial charge in [-0.25, -0.2) is 0 Å². The lowest BCUT2D eigenvalue weighted by Crippen LogP contribution is -2.28. The molecule has 0 aliphatic carbocycles. The molecule has 1 atom stereocenters. The van der Waals surface area contributed by atoms with Crippen molar-refractivity contribution in [2.24, 2.45) is 0 Å². The van der Waals surface area contributed by atoms with Crippen LogP contribution in [0.1, 0.15) is 33.6 Å². The van der Waals surface area contributed by atoms with Gasteiger partial charge in [-0.05, 0) is 26.7 Å². The molecule has 0 rings (SSSR count). The van der Waals surface area contributed by atoms with E-state index in [1.807, 2.05) is 26.8 Å². The summed E-state index contributed by atoms with van der Waals surface area (Å²) in [5, 5.41) is 14.6. The van der Waals surface area contributed by atoms with E-state index in [0.717, 1.165) is 12.8 Å². The van der Waals surface area contributed by atoms with Gasteiger partial charge in [-0.15, -0.1) is 0 Å². The van der Waals surface area contributed by atoms with Gasteiger partial charge in [0.1, 0.15) is 11.6 Å². The summed E-state index contributed by atoms with van der Waals surface area (Å²) in [6.45, 7) is 7.76. The van der Waals surface area contributed by atoms with Crippen molar-refractivity contribution in [2.75, 3.05) is 19.8 Å². The van der Waals surface area contributed by atoms with Crippen molar-refractivity contribution in [1.29, 1.82) is 5.26 Å². The maximum Gasteiger partial charge on any atom is 0.263 e. The molecular weight excluding hydrogens is 230 g/mol. The number of nitriles is 1. The SMILES string of the molecule is CCOCCCNC(=O)/C(C#N)=C\NC(C)CC. The zero-order valence-electron chi connectivity index (χ0n) is 11.5. The van der Waals surface area contributed by atoms with Gasteiger partial charge in [0.15, 0.2) is 0 Å². The fourth-order valence-corrected chi connectivity index (χ4v) is 1.11. The molecule has 18 heavy (non-hydrogen) atoms. The molecule has 0 aliphatic rings. The minimum atomic E-state index is -0.343. The number of hydrogen-bond donors (Lipinski definition) is 2. The van der Waals surface area contributed by atoms with Crippen LogP contribution in [0.25, 0.3) is 0 Å². The minimum Gasteiger partial charge on any atom is -0.387 e. The van der Waals surface area contributed by atoms with Crippen LogP contribution in [0.5, 0.6) is 0 Å². The first kappa shape index (κ1) is 16.5. The highest BCUT2D eigenvalue weighted by Crippen LogP contribution is 1.94. The van der Waals surface area contributed by atoms with Crippen molar-refractivity contribution >= 4 is 5.91 Å². The van der Waals surface area contributed by atoms with Crippen LogP contribution in [0.15, 0.2) is 11.8 Å². The smallest absolute Gasteiger partial charge is 0.263 e. The quantitative estimate of drug-likeness (QED) is 0.369. The average Bonchev–Trinajstić information content (AvgIpc) is 2.38. The van der Waals surface area contributed by atoms with Gasteiger partial charge in [0.05, 0.1) is 0 Å². The van der Waals surface area contributed by atoms with Crippen LogP contribution < -0.4 is 10.6 Å². The third-order valence-electron chi connectivity index (χ3n) is 2.44. The van der Waals surface area contributed by atoms with E-state index in [4.69, 9.17) is 10.00 Å². The number of hydrogen-bond acceptors (Lipinski definition) is 4. The summed E-state index contributed by atoms with van der Waals surface area (Å²) < 4.78 is 5.15. The molecule has 0 radical (unpaired) electrons. The molecule has 5 nitrogen and oxygen atoms in total. The largest absolute Gasteiger partial charge is 0.387 e. The van der Waals surface area contributed by atoms with Gasteiger partial charge in [0, 0.05) is 32.0 Å². The highest BCUT2D eigenvalue weighted by Gasteiger charge is 2.08. The molecule has 2 N–H and O–H groups in total. The molecule has 5 heteroatoms. The fraction of sp³-hybridized carbons (Fsp3) is 0.692. The van der Waals surface area contributed by atoms with Crippen molar-refractivity contribution in [1.82, 2.24) is 10.6 Å². The highest BCUT2D eigenvalue weighted by molar-refractivity contribution is 5.97. The summed E-state index contributed by atoms with van der Waals surface area (Å²) in [5.41, 5.74) is 0.103. The predicted molar refractivity (Wildman–Crippen MR) is 70.7 cm³/mol. The monoisotopic (exact) mass is 253 g/mol. The summed E-state index contributed by atoms with van der Waals surface area (Å²) in [6, 6.07) is 2.14. The lowest BCUT2D eigenvalue weighted by Gasteiger charge is -2.09. The molecule has 1 amide bonds. The van der Waals surface area contributed by atoms with Gasteiger partial charge in [-0.1, -0.05) is 6.92 Å². The Morgan fingerprint density at radius 1 is 1.50 bits per heavy atom. The first-order valence-electron chi connectivity index (χ1n) is 6.37. The number of nitrogens with zero attached hydrogens (tertiary/aromatic N) is 1. The van der Waals surface area contributed by atoms with E-state index in [9.17, 15) is 4.79 Å². The molecule has 1 unspecified atom stereocenters. The summed E-state index contributed by atoms with van der Waals surface area (Å²) >= 11 is 0. The van der Waals surface area contributed by atoms with E-state index in [-0.39, 0.29) is 17.5 Å². The predicted octanol–water partition coefficient (Wildman–Crippen LogP) is 1.32. The van der Waals surface area contributed by atoms with Crippen molar-refractivity contribution in [3.8, 4) is 6.07 Å². The van der Waals surface area contributed by atoms with Crippen molar-refractivity contribution in [3.05, 3.63) is 11.8 Å². The highest BCUT2D eigenvalue weighted by atomic mass is 16.5. The lowest BCUT2D eigenvalue weighted by molar-refractivity contribution is -0.117. The topological polar surface area (TPSA) is 74.1 Å². The third-order valence-corrected chi connectivity index (χ3v) is 2.44. The average molecular weight is 253 g/mol. The van der Waals surface area contributed by atoms with Crippen molar-refractivity contribution in [3.63, 3.8) is 0 Å². The fourth-order valence-electron chi connectivity index (χ4n) is 1.11. The van der Waals surface area contributed by atoms with Crippen LogP contribution in [-0.2, 0) is 9.53 Å². The number of rotatable bonds is 9. The van der Waals surface area contributed by atoms with Gasteiger partial charge >= 0.3 is 0 Å². The molecule has 0 saturated carbocycles. The van der Waals surface area contributed by atoms with Crippen LogP contribution in [0, 0.1) is 11.3 Å². The second-order valence-corrected chi connectivity index (χ2v) is 3.95. The van der Waals surface area contributed by atoms with Crippen LogP contribution in [0.4, 0.5) is 0 Å². The van der Waals surface area contributed by atoms with E-state index in [1.165, 1.54) is 6.20 Å². The first-order valence-corrected chi connectivity index (χ1v) is 6.37. The standard InChI is InChI=1S/C13H23N3O2/c1-4-11(3)16-10-12(9-14)13(17)15-7-6-8-18-5-2/h10-11,16H,4-8H2,1-3H3,(H,15,17)/b12-10-. The Kier molecular flexibility index (Phi) is 9.70. The third kappa shape index (κ3) is 7.69. The van der Waals surface area contributed by atoms with Gasteiger partial charge in [-0.3, -0.25) is 4.79 Å². The van der Waals surface area contributed by atoms with E-state index in [1.54, 1.807) is 0 Å². The summed E-state index contributed by atoms with van der Waals surface area (Å²) in [7, 11) is 0. The maximum absolute atomic E-state index is 11.6. The van der Waals surface area contributed by atoms with Crippen LogP contribution in [0.2, 0.25) is 0 Å². The minimum absolute atomic E-state index is 0.103. The molecule has 102 valence electrons. The Morgan fingerprint density at radius 2 is 2.22 bits per heavy atom. The van der Waals surface area contributed by atoms with Crippen molar-refractivity contribution < 1.29 is 9.53 Å². The van der Waals surface area contributed by atoms with Gasteiger partial charge < -0.3 is 15.4 Å². The van der Waals surface area contributed by atoms with E-state index >= 15 is 0 Å². The Balaban J connectivity index is 4.00. The van der Waals surface area contributed by atoms with Crippen LogP contribution in [0.3, 0.4) is 0 Å². The Labute approximate surface area is 109 Å². The normalized spacial score (nSPS) is 12.7. The van der Waals surface area contributed by atoms with Gasteiger partial charge in [-0.2, -0.15) is 5.26 Å². The summed E-state index contributed by atoms with van der Waals surface area (Å²) in [5.74, 6) is -0.343. The molecule has 0 aromatic carbocycles. The summed E-state index contributed by atoms with van der Waals surface area (Å²) in [6.07, 6.45) is 3.16. The molecule has 0 aromatic heterocycles.